The maximum Gasteiger partial charge on any atom is 0.295 e. The third kappa shape index (κ3) is 5.03. The summed E-state index contributed by atoms with van der Waals surface area (Å²) in [6.45, 7) is 0. The molecule has 0 aliphatic heterocycles. The molecule has 2 aromatic rings. The molecular weight excluding hydrogens is 323 g/mol. The van der Waals surface area contributed by atoms with E-state index >= 15 is 0 Å². The van der Waals surface area contributed by atoms with Gasteiger partial charge in [0.25, 0.3) is 5.69 Å². The smallest absolute Gasteiger partial charge is 0.295 e. The van der Waals surface area contributed by atoms with E-state index in [2.05, 4.69) is 5.32 Å². The van der Waals surface area contributed by atoms with Crippen LogP contribution in [0, 0.1) is 15.9 Å². The van der Waals surface area contributed by atoms with Gasteiger partial charge in [-0.25, -0.2) is 12.8 Å². The predicted molar refractivity (Wildman–Crippen MR) is 86.2 cm³/mol. The Hall–Kier alpha value is -2.48. The molecule has 0 fully saturated rings. The average Bonchev–Trinajstić information content (AvgIpc) is 2.47. The number of nitro benzene ring substituents is 1. The Bertz CT molecular complexity index is 820. The highest BCUT2D eigenvalue weighted by molar-refractivity contribution is 7.90. The van der Waals surface area contributed by atoms with Crippen LogP contribution in [0.3, 0.4) is 0 Å². The summed E-state index contributed by atoms with van der Waals surface area (Å²) in [4.78, 5) is 10.3. The van der Waals surface area contributed by atoms with E-state index in [9.17, 15) is 22.9 Å². The summed E-state index contributed by atoms with van der Waals surface area (Å²) in [7, 11) is -3.03. The number of rotatable bonds is 6. The van der Waals surface area contributed by atoms with Gasteiger partial charge in [0.2, 0.25) is 0 Å². The molecule has 23 heavy (non-hydrogen) atoms. The van der Waals surface area contributed by atoms with E-state index in [1.54, 1.807) is 24.3 Å². The van der Waals surface area contributed by atoms with E-state index in [1.807, 2.05) is 0 Å². The van der Waals surface area contributed by atoms with Gasteiger partial charge in [-0.05, 0) is 36.2 Å². The number of nitrogens with one attached hydrogen (secondary N) is 1. The molecule has 0 aliphatic carbocycles. The molecule has 0 amide bonds. The van der Waals surface area contributed by atoms with E-state index in [4.69, 9.17) is 0 Å². The Balaban J connectivity index is 2.14. The molecule has 0 bridgehead atoms. The minimum Gasteiger partial charge on any atom is -0.350 e. The Morgan fingerprint density at radius 3 is 2.39 bits per heavy atom. The summed E-state index contributed by atoms with van der Waals surface area (Å²) in [5, 5.41) is 13.8. The molecule has 6 nitrogen and oxygen atoms in total. The molecule has 0 aliphatic rings. The quantitative estimate of drug-likeness (QED) is 0.646. The number of halogens is 1. The third-order valence-corrected chi connectivity index (χ3v) is 4.10. The summed E-state index contributed by atoms with van der Waals surface area (Å²) < 4.78 is 35.4. The fourth-order valence-electron chi connectivity index (χ4n) is 1.98. The summed E-state index contributed by atoms with van der Waals surface area (Å²) in [5.41, 5.74) is 1.25. The monoisotopic (exact) mass is 338 g/mol. The van der Waals surface area contributed by atoms with Gasteiger partial charge in [-0.15, -0.1) is 0 Å². The van der Waals surface area contributed by atoms with Crippen LogP contribution in [0.15, 0.2) is 42.5 Å². The van der Waals surface area contributed by atoms with Crippen molar-refractivity contribution in [1.82, 2.24) is 0 Å². The number of sulfone groups is 1. The van der Waals surface area contributed by atoms with E-state index < -0.39 is 20.6 Å². The topological polar surface area (TPSA) is 89.3 Å². The van der Waals surface area contributed by atoms with Crippen LogP contribution >= 0.6 is 0 Å². The maximum absolute atomic E-state index is 13.1. The number of aryl methyl sites for hydroxylation is 1. The molecule has 2 aromatic carbocycles. The Morgan fingerprint density at radius 1 is 1.17 bits per heavy atom. The van der Waals surface area contributed by atoms with Gasteiger partial charge in [0.15, 0.2) is 0 Å². The van der Waals surface area contributed by atoms with Crippen LogP contribution in [-0.2, 0) is 16.3 Å². The number of nitrogens with zero attached hydrogens (tertiary/aromatic N) is 1. The SMILES string of the molecule is CS(=O)(=O)CCc1ccc(Nc2ccc(F)cc2[N+](=O)[O-])cc1. The van der Waals surface area contributed by atoms with Crippen LogP contribution in [0.25, 0.3) is 0 Å². The second kappa shape index (κ2) is 6.74. The lowest BCUT2D eigenvalue weighted by molar-refractivity contribution is -0.384. The van der Waals surface area contributed by atoms with Gasteiger partial charge in [-0.3, -0.25) is 10.1 Å². The molecule has 0 atom stereocenters. The van der Waals surface area contributed by atoms with Crippen LogP contribution in [0.2, 0.25) is 0 Å². The number of hydrogen-bond donors (Lipinski definition) is 1. The van der Waals surface area contributed by atoms with Gasteiger partial charge in [0, 0.05) is 11.9 Å². The van der Waals surface area contributed by atoms with Crippen molar-refractivity contribution in [2.75, 3.05) is 17.3 Å². The molecule has 0 radical (unpaired) electrons. The average molecular weight is 338 g/mol. The minimum absolute atomic E-state index is 0.0587. The lowest BCUT2D eigenvalue weighted by atomic mass is 10.1. The molecule has 0 saturated heterocycles. The van der Waals surface area contributed by atoms with E-state index in [0.717, 1.165) is 17.7 Å². The first kappa shape index (κ1) is 16.9. The fraction of sp³-hybridized carbons (Fsp3) is 0.200. The predicted octanol–water partition coefficient (Wildman–Crippen LogP) is 3.06. The van der Waals surface area contributed by atoms with Crippen molar-refractivity contribution in [1.29, 1.82) is 0 Å². The Morgan fingerprint density at radius 2 is 1.83 bits per heavy atom. The van der Waals surface area contributed by atoms with Gasteiger partial charge in [-0.2, -0.15) is 0 Å². The normalized spacial score (nSPS) is 11.2. The first-order chi connectivity index (χ1) is 10.7. The molecule has 8 heteroatoms. The largest absolute Gasteiger partial charge is 0.350 e. The van der Waals surface area contributed by atoms with Gasteiger partial charge >= 0.3 is 0 Å². The zero-order chi connectivity index (χ0) is 17.0. The highest BCUT2D eigenvalue weighted by atomic mass is 32.2. The summed E-state index contributed by atoms with van der Waals surface area (Å²) in [6.07, 6.45) is 1.58. The van der Waals surface area contributed by atoms with Gasteiger partial charge in [-0.1, -0.05) is 12.1 Å². The van der Waals surface area contributed by atoms with Crippen molar-refractivity contribution in [2.24, 2.45) is 0 Å². The number of hydrogen-bond acceptors (Lipinski definition) is 5. The zero-order valence-electron chi connectivity index (χ0n) is 12.3. The van der Waals surface area contributed by atoms with E-state index in [1.165, 1.54) is 12.3 Å². The lowest BCUT2D eigenvalue weighted by Crippen LogP contribution is -2.05. The molecule has 2 rings (SSSR count). The van der Waals surface area contributed by atoms with Crippen molar-refractivity contribution in [2.45, 2.75) is 6.42 Å². The highest BCUT2D eigenvalue weighted by Crippen LogP contribution is 2.28. The van der Waals surface area contributed by atoms with Crippen molar-refractivity contribution < 1.29 is 17.7 Å². The van der Waals surface area contributed by atoms with Gasteiger partial charge < -0.3 is 5.32 Å². The number of anilines is 2. The summed E-state index contributed by atoms with van der Waals surface area (Å²) in [5.74, 6) is -0.623. The molecule has 0 spiro atoms. The first-order valence-electron chi connectivity index (χ1n) is 6.72. The van der Waals surface area contributed by atoms with Crippen molar-refractivity contribution >= 4 is 26.9 Å². The molecule has 0 aromatic heterocycles. The van der Waals surface area contributed by atoms with Gasteiger partial charge in [0.1, 0.15) is 21.3 Å². The van der Waals surface area contributed by atoms with Crippen LogP contribution in [0.5, 0.6) is 0 Å². The standard InChI is InChI=1S/C15H15FN2O4S/c1-23(21,22)9-8-11-2-5-13(6-3-11)17-14-7-4-12(16)10-15(14)18(19)20/h2-7,10,17H,8-9H2,1H3. The second-order valence-electron chi connectivity index (χ2n) is 5.12. The second-order valence-corrected chi connectivity index (χ2v) is 7.38. The maximum atomic E-state index is 13.1. The van der Waals surface area contributed by atoms with E-state index in [0.29, 0.717) is 12.1 Å². The zero-order valence-corrected chi connectivity index (χ0v) is 13.1. The molecule has 0 saturated carbocycles. The van der Waals surface area contributed by atoms with Crippen LogP contribution in [-0.4, -0.2) is 25.3 Å². The number of benzene rings is 2. The molecule has 0 unspecified atom stereocenters. The summed E-state index contributed by atoms with van der Waals surface area (Å²) >= 11 is 0. The van der Waals surface area contributed by atoms with Crippen molar-refractivity contribution in [3.63, 3.8) is 0 Å². The molecular formula is C15H15FN2O4S. The Labute approximate surface area is 133 Å². The minimum atomic E-state index is -3.03. The first-order valence-corrected chi connectivity index (χ1v) is 8.78. The van der Waals surface area contributed by atoms with Crippen LogP contribution < -0.4 is 5.32 Å². The van der Waals surface area contributed by atoms with E-state index in [-0.39, 0.29) is 17.1 Å². The van der Waals surface area contributed by atoms with Crippen molar-refractivity contribution in [3.05, 3.63) is 64.0 Å². The van der Waals surface area contributed by atoms with Crippen molar-refractivity contribution in [3.8, 4) is 0 Å². The fourth-order valence-corrected chi connectivity index (χ4v) is 2.58. The number of nitro groups is 1. The lowest BCUT2D eigenvalue weighted by Gasteiger charge is -2.08. The van der Waals surface area contributed by atoms with Crippen LogP contribution in [0.1, 0.15) is 5.56 Å². The summed E-state index contributed by atoms with van der Waals surface area (Å²) in [6, 6.07) is 10.1. The van der Waals surface area contributed by atoms with Crippen LogP contribution in [0.4, 0.5) is 21.5 Å². The molecule has 122 valence electrons. The molecule has 0 heterocycles. The third-order valence-electron chi connectivity index (χ3n) is 3.15. The highest BCUT2D eigenvalue weighted by Gasteiger charge is 2.15. The van der Waals surface area contributed by atoms with Gasteiger partial charge in [0.05, 0.1) is 16.7 Å². The molecule has 1 N–H and O–H groups in total. The Kier molecular flexibility index (Phi) is 4.95.